The van der Waals surface area contributed by atoms with Crippen molar-refractivity contribution >= 4 is 0 Å². The highest BCUT2D eigenvalue weighted by Crippen LogP contribution is 2.28. The third kappa shape index (κ3) is 3.58. The van der Waals surface area contributed by atoms with Crippen molar-refractivity contribution in [2.45, 2.75) is 26.2 Å². The monoisotopic (exact) mass is 366 g/mol. The average molecular weight is 366 g/mol. The van der Waals surface area contributed by atoms with Crippen LogP contribution in [0, 0.1) is 6.92 Å². The van der Waals surface area contributed by atoms with E-state index in [0.29, 0.717) is 10.2 Å². The van der Waals surface area contributed by atoms with Crippen molar-refractivity contribution < 1.29 is 17.6 Å². The minimum Gasteiger partial charge on any atom is -0.393 e. The van der Waals surface area contributed by atoms with E-state index in [9.17, 15) is 22.8 Å². The summed E-state index contributed by atoms with van der Waals surface area (Å²) in [6.07, 6.45) is -4.83. The minimum absolute atomic E-state index is 0.00112. The second-order valence-corrected chi connectivity index (χ2v) is 5.45. The molecule has 0 amide bonds. The molecule has 0 aliphatic carbocycles. The SMILES string of the molecule is Cc1nn(CCn2nc(-c3ccccc3)cc(C(F)(F)F)c2=O)c(=O)o1. The highest BCUT2D eigenvalue weighted by atomic mass is 19.4. The molecule has 1 aromatic carbocycles. The molecule has 3 aromatic rings. The molecule has 7 nitrogen and oxygen atoms in total. The summed E-state index contributed by atoms with van der Waals surface area (Å²) in [5.74, 6) is -0.643. The molecule has 0 radical (unpaired) electrons. The van der Waals surface area contributed by atoms with Gasteiger partial charge in [-0.15, -0.1) is 5.10 Å². The van der Waals surface area contributed by atoms with Crippen LogP contribution < -0.4 is 11.3 Å². The molecular weight excluding hydrogens is 353 g/mol. The largest absolute Gasteiger partial charge is 0.437 e. The first-order valence-corrected chi connectivity index (χ1v) is 7.55. The van der Waals surface area contributed by atoms with Gasteiger partial charge in [0.05, 0.1) is 18.8 Å². The Balaban J connectivity index is 2.04. The lowest BCUT2D eigenvalue weighted by atomic mass is 10.1. The first-order chi connectivity index (χ1) is 12.3. The molecule has 0 unspecified atom stereocenters. The fraction of sp³-hybridized carbons (Fsp3) is 0.250. The van der Waals surface area contributed by atoms with Gasteiger partial charge in [-0.1, -0.05) is 30.3 Å². The van der Waals surface area contributed by atoms with Gasteiger partial charge in [-0.25, -0.2) is 9.48 Å². The summed E-state index contributed by atoms with van der Waals surface area (Å²) in [5, 5.41) is 7.78. The molecule has 26 heavy (non-hydrogen) atoms. The number of hydrogen-bond donors (Lipinski definition) is 0. The van der Waals surface area contributed by atoms with Crippen molar-refractivity contribution in [1.29, 1.82) is 0 Å². The van der Waals surface area contributed by atoms with Crippen LogP contribution in [0.5, 0.6) is 0 Å². The Bertz CT molecular complexity index is 1040. The molecule has 0 saturated heterocycles. The lowest BCUT2D eigenvalue weighted by molar-refractivity contribution is -0.139. The van der Waals surface area contributed by atoms with Crippen LogP contribution >= 0.6 is 0 Å². The van der Waals surface area contributed by atoms with Crippen LogP contribution in [0.25, 0.3) is 11.3 Å². The lowest BCUT2D eigenvalue weighted by Crippen LogP contribution is -2.33. The van der Waals surface area contributed by atoms with E-state index in [1.54, 1.807) is 30.3 Å². The molecule has 2 heterocycles. The first kappa shape index (κ1) is 17.6. The minimum atomic E-state index is -4.83. The molecule has 0 spiro atoms. The summed E-state index contributed by atoms with van der Waals surface area (Å²) < 4.78 is 46.0. The van der Waals surface area contributed by atoms with Gasteiger partial charge in [-0.3, -0.25) is 4.79 Å². The molecule has 0 aliphatic rings. The van der Waals surface area contributed by atoms with Crippen LogP contribution in [0.4, 0.5) is 13.2 Å². The summed E-state index contributed by atoms with van der Waals surface area (Å²) in [7, 11) is 0. The van der Waals surface area contributed by atoms with Gasteiger partial charge in [0.25, 0.3) is 5.56 Å². The summed E-state index contributed by atoms with van der Waals surface area (Å²) in [6, 6.07) is 8.91. The number of rotatable bonds is 4. The van der Waals surface area contributed by atoms with E-state index in [-0.39, 0.29) is 24.7 Å². The summed E-state index contributed by atoms with van der Waals surface area (Å²) in [4.78, 5) is 23.7. The normalized spacial score (nSPS) is 11.7. The van der Waals surface area contributed by atoms with Crippen LogP contribution in [0.2, 0.25) is 0 Å². The van der Waals surface area contributed by atoms with Gasteiger partial charge in [0.2, 0.25) is 5.89 Å². The van der Waals surface area contributed by atoms with Gasteiger partial charge < -0.3 is 4.42 Å². The Labute approximate surface area is 144 Å². The van der Waals surface area contributed by atoms with Crippen LogP contribution in [-0.2, 0) is 19.3 Å². The van der Waals surface area contributed by atoms with E-state index in [4.69, 9.17) is 4.42 Å². The maximum absolute atomic E-state index is 13.2. The molecule has 0 atom stereocenters. The van der Waals surface area contributed by atoms with E-state index in [0.717, 1.165) is 10.7 Å². The second-order valence-electron chi connectivity index (χ2n) is 5.45. The summed E-state index contributed by atoms with van der Waals surface area (Å²) in [5.41, 5.74) is -2.18. The van der Waals surface area contributed by atoms with Crippen molar-refractivity contribution in [3.05, 3.63) is 68.8 Å². The molecule has 3 rings (SSSR count). The zero-order chi connectivity index (χ0) is 18.9. The lowest BCUT2D eigenvalue weighted by Gasteiger charge is -2.12. The summed E-state index contributed by atoms with van der Waals surface area (Å²) >= 11 is 0. The smallest absolute Gasteiger partial charge is 0.393 e. The van der Waals surface area contributed by atoms with E-state index >= 15 is 0 Å². The van der Waals surface area contributed by atoms with Crippen LogP contribution in [0.15, 0.2) is 50.4 Å². The Morgan fingerprint density at radius 1 is 1.04 bits per heavy atom. The average Bonchev–Trinajstić information content (AvgIpc) is 2.91. The van der Waals surface area contributed by atoms with E-state index in [1.165, 1.54) is 6.92 Å². The predicted molar refractivity (Wildman–Crippen MR) is 84.4 cm³/mol. The number of hydrogen-bond acceptors (Lipinski definition) is 5. The number of halogens is 3. The predicted octanol–water partition coefficient (Wildman–Crippen LogP) is 2.09. The third-order valence-electron chi connectivity index (χ3n) is 3.58. The molecule has 0 N–H and O–H groups in total. The third-order valence-corrected chi connectivity index (χ3v) is 3.58. The van der Waals surface area contributed by atoms with Gasteiger partial charge in [-0.05, 0) is 6.07 Å². The Morgan fingerprint density at radius 3 is 2.27 bits per heavy atom. The number of alkyl halides is 3. The van der Waals surface area contributed by atoms with E-state index in [1.807, 2.05) is 0 Å². The molecule has 0 aliphatic heterocycles. The van der Waals surface area contributed by atoms with Crippen LogP contribution in [0.1, 0.15) is 11.5 Å². The van der Waals surface area contributed by atoms with E-state index < -0.39 is 23.1 Å². The van der Waals surface area contributed by atoms with Crippen LogP contribution in [0.3, 0.4) is 0 Å². The zero-order valence-corrected chi connectivity index (χ0v) is 13.5. The second kappa shape index (κ2) is 6.62. The molecular formula is C16H13F3N4O3. The highest BCUT2D eigenvalue weighted by molar-refractivity contribution is 5.59. The number of benzene rings is 1. The van der Waals surface area contributed by atoms with Crippen molar-refractivity contribution in [2.24, 2.45) is 0 Å². The van der Waals surface area contributed by atoms with Crippen molar-refractivity contribution in [3.8, 4) is 11.3 Å². The van der Waals surface area contributed by atoms with Gasteiger partial charge in [0.15, 0.2) is 0 Å². The fourth-order valence-corrected chi connectivity index (χ4v) is 2.39. The van der Waals surface area contributed by atoms with Crippen molar-refractivity contribution in [1.82, 2.24) is 19.6 Å². The highest BCUT2D eigenvalue weighted by Gasteiger charge is 2.35. The van der Waals surface area contributed by atoms with Crippen molar-refractivity contribution in [2.75, 3.05) is 0 Å². The van der Waals surface area contributed by atoms with Gasteiger partial charge >= 0.3 is 11.9 Å². The quantitative estimate of drug-likeness (QED) is 0.706. The number of aromatic nitrogens is 4. The van der Waals surface area contributed by atoms with Gasteiger partial charge in [-0.2, -0.15) is 23.0 Å². The van der Waals surface area contributed by atoms with E-state index in [2.05, 4.69) is 10.2 Å². The fourth-order valence-electron chi connectivity index (χ4n) is 2.39. The molecule has 10 heteroatoms. The molecule has 2 aromatic heterocycles. The Kier molecular flexibility index (Phi) is 4.49. The zero-order valence-electron chi connectivity index (χ0n) is 13.5. The molecule has 0 saturated carbocycles. The summed E-state index contributed by atoms with van der Waals surface area (Å²) in [6.45, 7) is 1.03. The molecule has 136 valence electrons. The Morgan fingerprint density at radius 2 is 1.69 bits per heavy atom. The number of aryl methyl sites for hydroxylation is 3. The molecule has 0 bridgehead atoms. The van der Waals surface area contributed by atoms with Crippen LogP contribution in [-0.4, -0.2) is 19.6 Å². The first-order valence-electron chi connectivity index (χ1n) is 7.55. The maximum Gasteiger partial charge on any atom is 0.437 e. The topological polar surface area (TPSA) is 82.9 Å². The van der Waals surface area contributed by atoms with Gasteiger partial charge in [0.1, 0.15) is 5.56 Å². The number of nitrogens with zero attached hydrogens (tertiary/aromatic N) is 4. The van der Waals surface area contributed by atoms with Gasteiger partial charge in [0, 0.05) is 12.5 Å². The molecule has 0 fully saturated rings. The Hall–Kier alpha value is -3.17. The maximum atomic E-state index is 13.2. The van der Waals surface area contributed by atoms with Crippen molar-refractivity contribution in [3.63, 3.8) is 0 Å². The standard InChI is InChI=1S/C16H13F3N4O3/c1-10-20-23(15(25)26-10)8-7-22-14(24)12(16(17,18)19)9-13(21-22)11-5-3-2-4-6-11/h2-6,9H,7-8H2,1H3.